The summed E-state index contributed by atoms with van der Waals surface area (Å²) in [6, 6.07) is 10.2. The number of benzene rings is 2. The number of halogens is 1. The molecule has 0 amide bonds. The summed E-state index contributed by atoms with van der Waals surface area (Å²) in [5, 5.41) is 0.705. The Hall–Kier alpha value is -3.04. The molecule has 1 fully saturated rings. The Labute approximate surface area is 190 Å². The number of fused-ring (bicyclic) bond motifs is 1. The summed E-state index contributed by atoms with van der Waals surface area (Å²) in [6.45, 7) is 3.95. The minimum absolute atomic E-state index is 0.0861. The van der Waals surface area contributed by atoms with E-state index in [1.165, 1.54) is 28.6 Å². The molecule has 0 bridgehead atoms. The van der Waals surface area contributed by atoms with Gasteiger partial charge in [0.05, 0.1) is 5.92 Å². The van der Waals surface area contributed by atoms with Gasteiger partial charge in [0, 0.05) is 30.1 Å². The third kappa shape index (κ3) is 4.69. The van der Waals surface area contributed by atoms with E-state index in [9.17, 15) is 22.4 Å². The van der Waals surface area contributed by atoms with Crippen LogP contribution >= 0.6 is 0 Å². The Balaban J connectivity index is 1.42. The van der Waals surface area contributed by atoms with Crippen molar-refractivity contribution in [3.05, 3.63) is 75.4 Å². The number of hydrogen-bond acceptors (Lipinski definition) is 6. The van der Waals surface area contributed by atoms with Gasteiger partial charge in [-0.3, -0.25) is 4.79 Å². The van der Waals surface area contributed by atoms with Gasteiger partial charge in [0.1, 0.15) is 22.9 Å². The summed E-state index contributed by atoms with van der Waals surface area (Å²) in [6.07, 6.45) is 0.533. The summed E-state index contributed by atoms with van der Waals surface area (Å²) in [5.74, 6) is -1.74. The maximum Gasteiger partial charge on any atom is 0.336 e. The number of rotatable bonds is 5. The average Bonchev–Trinajstić information content (AvgIpc) is 2.78. The second-order valence-corrected chi connectivity index (χ2v) is 10.1. The fourth-order valence-corrected chi connectivity index (χ4v) is 5.53. The number of piperidine rings is 1. The van der Waals surface area contributed by atoms with Crippen LogP contribution in [-0.4, -0.2) is 31.8 Å². The van der Waals surface area contributed by atoms with Crippen molar-refractivity contribution in [3.8, 4) is 0 Å². The number of carbonyl (C=O) groups excluding carboxylic acids is 1. The molecular weight excluding hydrogens is 449 g/mol. The van der Waals surface area contributed by atoms with Crippen molar-refractivity contribution in [2.24, 2.45) is 5.92 Å². The zero-order valence-electron chi connectivity index (χ0n) is 18.3. The van der Waals surface area contributed by atoms with Gasteiger partial charge in [-0.2, -0.15) is 4.31 Å². The first-order chi connectivity index (χ1) is 15.7. The molecule has 1 saturated heterocycles. The molecule has 2 heterocycles. The smallest absolute Gasteiger partial charge is 0.336 e. The highest BCUT2D eigenvalue weighted by atomic mass is 32.2. The van der Waals surface area contributed by atoms with Crippen LogP contribution in [0.5, 0.6) is 0 Å². The fraction of sp³-hybridized carbons (Fsp3) is 0.333. The number of nitrogens with zero attached hydrogens (tertiary/aromatic N) is 1. The van der Waals surface area contributed by atoms with Gasteiger partial charge in [0.15, 0.2) is 0 Å². The molecule has 0 N–H and O–H groups in total. The van der Waals surface area contributed by atoms with E-state index >= 15 is 0 Å². The van der Waals surface area contributed by atoms with E-state index in [0.717, 1.165) is 17.2 Å². The molecule has 0 atom stereocenters. The minimum atomic E-state index is -3.97. The fourth-order valence-electron chi connectivity index (χ4n) is 3.99. The van der Waals surface area contributed by atoms with Crippen LogP contribution < -0.4 is 5.63 Å². The maximum atomic E-state index is 14.0. The van der Waals surface area contributed by atoms with Gasteiger partial charge in [0.2, 0.25) is 10.0 Å². The van der Waals surface area contributed by atoms with Crippen molar-refractivity contribution in [2.75, 3.05) is 13.1 Å². The predicted octanol–water partition coefficient (Wildman–Crippen LogP) is 3.69. The second-order valence-electron chi connectivity index (χ2n) is 8.24. The number of carbonyl (C=O) groups is 1. The highest BCUT2D eigenvalue weighted by Gasteiger charge is 2.34. The Morgan fingerprint density at radius 3 is 2.48 bits per heavy atom. The largest absolute Gasteiger partial charge is 0.461 e. The third-order valence-electron chi connectivity index (χ3n) is 6.06. The molecule has 0 aliphatic carbocycles. The van der Waals surface area contributed by atoms with Crippen LogP contribution in [-0.2, 0) is 26.2 Å². The molecule has 1 aliphatic rings. The van der Waals surface area contributed by atoms with Crippen LogP contribution in [0.1, 0.15) is 29.5 Å². The molecule has 0 spiro atoms. The Morgan fingerprint density at radius 1 is 1.12 bits per heavy atom. The van der Waals surface area contributed by atoms with E-state index < -0.39 is 33.4 Å². The summed E-state index contributed by atoms with van der Waals surface area (Å²) in [4.78, 5) is 24.2. The van der Waals surface area contributed by atoms with Crippen LogP contribution in [0.15, 0.2) is 56.6 Å². The van der Waals surface area contributed by atoms with Crippen LogP contribution in [0, 0.1) is 25.6 Å². The molecule has 33 heavy (non-hydrogen) atoms. The van der Waals surface area contributed by atoms with Crippen molar-refractivity contribution in [3.63, 3.8) is 0 Å². The van der Waals surface area contributed by atoms with Gasteiger partial charge < -0.3 is 9.15 Å². The molecule has 9 heteroatoms. The zero-order valence-corrected chi connectivity index (χ0v) is 19.2. The molecule has 3 aromatic rings. The molecular formula is C24H24FNO6S. The summed E-state index contributed by atoms with van der Waals surface area (Å²) in [7, 11) is -3.97. The number of aryl methyl sites for hydroxylation is 2. The first-order valence-electron chi connectivity index (χ1n) is 10.6. The molecule has 0 saturated carbocycles. The van der Waals surface area contributed by atoms with Crippen molar-refractivity contribution in [1.29, 1.82) is 0 Å². The number of hydrogen-bond donors (Lipinski definition) is 0. The highest BCUT2D eigenvalue weighted by Crippen LogP contribution is 2.27. The summed E-state index contributed by atoms with van der Waals surface area (Å²) < 4.78 is 51.4. The van der Waals surface area contributed by atoms with Crippen LogP contribution in [0.4, 0.5) is 4.39 Å². The maximum absolute atomic E-state index is 14.0. The SMILES string of the molecule is Cc1cc2oc(=O)cc(COC(=O)C3CCN(S(=O)(=O)c4ccccc4F)CC3)c2cc1C. The molecule has 2 aromatic carbocycles. The van der Waals surface area contributed by atoms with Gasteiger partial charge in [0.25, 0.3) is 0 Å². The van der Waals surface area contributed by atoms with E-state index in [1.807, 2.05) is 19.9 Å². The van der Waals surface area contributed by atoms with Crippen molar-refractivity contribution in [1.82, 2.24) is 4.31 Å². The van der Waals surface area contributed by atoms with Gasteiger partial charge >= 0.3 is 11.6 Å². The molecule has 1 aromatic heterocycles. The van der Waals surface area contributed by atoms with Crippen molar-refractivity contribution >= 4 is 27.0 Å². The Bertz CT molecular complexity index is 1370. The lowest BCUT2D eigenvalue weighted by Crippen LogP contribution is -2.40. The molecule has 0 unspecified atom stereocenters. The van der Waals surface area contributed by atoms with E-state index in [2.05, 4.69) is 0 Å². The normalized spacial score (nSPS) is 15.6. The summed E-state index contributed by atoms with van der Waals surface area (Å²) >= 11 is 0. The Kier molecular flexibility index (Phi) is 6.36. The van der Waals surface area contributed by atoms with Crippen LogP contribution in [0.3, 0.4) is 0 Å². The predicted molar refractivity (Wildman–Crippen MR) is 120 cm³/mol. The molecule has 174 valence electrons. The van der Waals surface area contributed by atoms with E-state index in [0.29, 0.717) is 16.5 Å². The Morgan fingerprint density at radius 2 is 1.79 bits per heavy atom. The van der Waals surface area contributed by atoms with Gasteiger partial charge in [-0.1, -0.05) is 12.1 Å². The number of esters is 1. The van der Waals surface area contributed by atoms with E-state index in [1.54, 1.807) is 6.07 Å². The standard InChI is InChI=1S/C24H24FNO6S/c1-15-11-19-18(13-23(27)32-21(19)12-16(15)2)14-31-24(28)17-7-9-26(10-8-17)33(29,30)22-6-4-3-5-20(22)25/h3-6,11-13,17H,7-10,14H2,1-2H3. The number of sulfonamides is 1. The molecule has 0 radical (unpaired) electrons. The lowest BCUT2D eigenvalue weighted by atomic mass is 9.98. The monoisotopic (exact) mass is 473 g/mol. The first-order valence-corrected chi connectivity index (χ1v) is 12.1. The zero-order chi connectivity index (χ0) is 23.8. The molecule has 1 aliphatic heterocycles. The topological polar surface area (TPSA) is 93.9 Å². The molecule has 4 rings (SSSR count). The second kappa shape index (κ2) is 9.07. The van der Waals surface area contributed by atoms with Crippen molar-refractivity contribution < 1.29 is 26.8 Å². The van der Waals surface area contributed by atoms with Crippen LogP contribution in [0.25, 0.3) is 11.0 Å². The average molecular weight is 474 g/mol. The van der Waals surface area contributed by atoms with E-state index in [4.69, 9.17) is 9.15 Å². The van der Waals surface area contributed by atoms with Gasteiger partial charge in [-0.15, -0.1) is 0 Å². The van der Waals surface area contributed by atoms with Gasteiger partial charge in [-0.25, -0.2) is 17.6 Å². The first kappa shape index (κ1) is 23.1. The third-order valence-corrected chi connectivity index (χ3v) is 7.99. The van der Waals surface area contributed by atoms with E-state index in [-0.39, 0.29) is 37.4 Å². The van der Waals surface area contributed by atoms with Crippen molar-refractivity contribution in [2.45, 2.75) is 38.2 Å². The molecule has 7 nitrogen and oxygen atoms in total. The lowest BCUT2D eigenvalue weighted by molar-refractivity contribution is -0.151. The quantitative estimate of drug-likeness (QED) is 0.414. The minimum Gasteiger partial charge on any atom is -0.461 e. The number of ether oxygens (including phenoxy) is 1. The summed E-state index contributed by atoms with van der Waals surface area (Å²) in [5.41, 5.74) is 2.47. The van der Waals surface area contributed by atoms with Crippen LogP contribution in [0.2, 0.25) is 0 Å². The lowest BCUT2D eigenvalue weighted by Gasteiger charge is -2.30. The highest BCUT2D eigenvalue weighted by molar-refractivity contribution is 7.89. The van der Waals surface area contributed by atoms with Gasteiger partial charge in [-0.05, 0) is 62.1 Å².